The van der Waals surface area contributed by atoms with Gasteiger partial charge in [-0.05, 0) is 54.0 Å². The minimum atomic E-state index is -0.499. The van der Waals surface area contributed by atoms with Crippen LogP contribution >= 0.6 is 0 Å². The van der Waals surface area contributed by atoms with Crippen LogP contribution in [0.5, 0.6) is 11.5 Å². The second-order valence-corrected chi connectivity index (χ2v) is 7.49. The molecular weight excluding hydrogens is 336 g/mol. The molecule has 4 unspecified atom stereocenters. The van der Waals surface area contributed by atoms with Gasteiger partial charge < -0.3 is 9.62 Å². The molecule has 0 amide bonds. The second-order valence-electron chi connectivity index (χ2n) is 7.49. The molecule has 27 heavy (non-hydrogen) atoms. The SMILES string of the molecule is CCC(C)CC(c1ccc(OC(C)OOc2ccccc2)cc1)C(C)CC. The fraction of sp³-hybridized carbons (Fsp3) is 0.500. The summed E-state index contributed by atoms with van der Waals surface area (Å²) in [5, 5.41) is 0. The third-order valence-electron chi connectivity index (χ3n) is 5.32. The van der Waals surface area contributed by atoms with E-state index in [0.29, 0.717) is 17.6 Å². The molecule has 2 aromatic carbocycles. The van der Waals surface area contributed by atoms with Crippen LogP contribution in [-0.2, 0) is 4.89 Å². The zero-order valence-electron chi connectivity index (χ0n) is 17.4. The van der Waals surface area contributed by atoms with Gasteiger partial charge in [0.15, 0.2) is 5.75 Å². The van der Waals surface area contributed by atoms with Crippen molar-refractivity contribution in [2.45, 2.75) is 66.1 Å². The molecule has 0 saturated heterocycles. The topological polar surface area (TPSA) is 27.7 Å². The summed E-state index contributed by atoms with van der Waals surface area (Å²) in [6.07, 6.45) is 3.16. The summed E-state index contributed by atoms with van der Waals surface area (Å²) in [5.41, 5.74) is 1.39. The zero-order valence-corrected chi connectivity index (χ0v) is 17.4. The minimum absolute atomic E-state index is 0.499. The first-order chi connectivity index (χ1) is 13.0. The molecule has 0 aliphatic carbocycles. The van der Waals surface area contributed by atoms with Gasteiger partial charge in [0.05, 0.1) is 0 Å². The number of rotatable bonds is 11. The van der Waals surface area contributed by atoms with Crippen molar-refractivity contribution in [1.82, 2.24) is 0 Å². The molecule has 0 fully saturated rings. The van der Waals surface area contributed by atoms with Crippen LogP contribution in [0.3, 0.4) is 0 Å². The van der Waals surface area contributed by atoms with Gasteiger partial charge in [0.2, 0.25) is 6.29 Å². The summed E-state index contributed by atoms with van der Waals surface area (Å²) in [7, 11) is 0. The predicted molar refractivity (Wildman–Crippen MR) is 111 cm³/mol. The lowest BCUT2D eigenvalue weighted by Gasteiger charge is -2.26. The Morgan fingerprint density at radius 3 is 2.04 bits per heavy atom. The van der Waals surface area contributed by atoms with Gasteiger partial charge in [-0.2, -0.15) is 0 Å². The monoisotopic (exact) mass is 370 g/mol. The van der Waals surface area contributed by atoms with Crippen molar-refractivity contribution in [3.05, 3.63) is 60.2 Å². The average Bonchev–Trinajstić information content (AvgIpc) is 2.71. The largest absolute Gasteiger partial charge is 0.461 e. The molecule has 0 aliphatic heterocycles. The van der Waals surface area contributed by atoms with Crippen LogP contribution in [0.2, 0.25) is 0 Å². The molecule has 0 aliphatic rings. The molecule has 0 spiro atoms. The first-order valence-electron chi connectivity index (χ1n) is 10.2. The number of hydrogen-bond acceptors (Lipinski definition) is 3. The lowest BCUT2D eigenvalue weighted by atomic mass is 9.79. The van der Waals surface area contributed by atoms with Crippen molar-refractivity contribution in [2.75, 3.05) is 0 Å². The van der Waals surface area contributed by atoms with Crippen LogP contribution in [0.25, 0.3) is 0 Å². The van der Waals surface area contributed by atoms with E-state index < -0.39 is 6.29 Å². The summed E-state index contributed by atoms with van der Waals surface area (Å²) >= 11 is 0. The molecule has 2 rings (SSSR count). The van der Waals surface area contributed by atoms with E-state index in [1.165, 1.54) is 24.8 Å². The molecule has 0 heterocycles. The van der Waals surface area contributed by atoms with Crippen molar-refractivity contribution in [3.8, 4) is 11.5 Å². The highest BCUT2D eigenvalue weighted by Crippen LogP contribution is 2.34. The molecule has 0 aromatic heterocycles. The predicted octanol–water partition coefficient (Wildman–Crippen LogP) is 6.99. The van der Waals surface area contributed by atoms with Gasteiger partial charge in [-0.25, -0.2) is 0 Å². The Labute approximate surface area is 164 Å². The maximum Gasteiger partial charge on any atom is 0.239 e. The molecule has 0 N–H and O–H groups in total. The van der Waals surface area contributed by atoms with Gasteiger partial charge in [0.1, 0.15) is 5.75 Å². The van der Waals surface area contributed by atoms with Crippen LogP contribution < -0.4 is 9.62 Å². The molecule has 2 aromatic rings. The fourth-order valence-electron chi connectivity index (χ4n) is 3.19. The Morgan fingerprint density at radius 1 is 0.778 bits per heavy atom. The van der Waals surface area contributed by atoms with Gasteiger partial charge in [-0.3, -0.25) is 0 Å². The Morgan fingerprint density at radius 2 is 1.44 bits per heavy atom. The molecule has 0 saturated carbocycles. The maximum atomic E-state index is 5.81. The van der Waals surface area contributed by atoms with Gasteiger partial charge in [-0.15, -0.1) is 4.89 Å². The first kappa shape index (κ1) is 21.3. The van der Waals surface area contributed by atoms with Crippen molar-refractivity contribution < 1.29 is 14.5 Å². The standard InChI is InChI=1S/C24H34O3/c1-6-18(3)17-24(19(4)7-2)21-13-15-22(16-14-21)25-20(5)26-27-23-11-9-8-10-12-23/h8-16,18-20,24H,6-7,17H2,1-5H3. The minimum Gasteiger partial charge on any atom is -0.461 e. The van der Waals surface area contributed by atoms with Crippen LogP contribution in [0, 0.1) is 11.8 Å². The average molecular weight is 371 g/mol. The van der Waals surface area contributed by atoms with Gasteiger partial charge in [-0.1, -0.05) is 70.9 Å². The quantitative estimate of drug-likeness (QED) is 0.242. The van der Waals surface area contributed by atoms with Crippen LogP contribution in [0.4, 0.5) is 0 Å². The highest BCUT2D eigenvalue weighted by Gasteiger charge is 2.20. The van der Waals surface area contributed by atoms with Crippen molar-refractivity contribution in [2.24, 2.45) is 11.8 Å². The van der Waals surface area contributed by atoms with E-state index in [9.17, 15) is 0 Å². The van der Waals surface area contributed by atoms with Crippen molar-refractivity contribution in [1.29, 1.82) is 0 Å². The summed E-state index contributed by atoms with van der Waals surface area (Å²) in [6, 6.07) is 17.9. The van der Waals surface area contributed by atoms with Gasteiger partial charge in [0.25, 0.3) is 0 Å². The Balaban J connectivity index is 1.94. The maximum absolute atomic E-state index is 5.81. The molecule has 148 valence electrons. The third kappa shape index (κ3) is 6.91. The first-order valence-corrected chi connectivity index (χ1v) is 10.2. The molecule has 3 nitrogen and oxygen atoms in total. The summed E-state index contributed by atoms with van der Waals surface area (Å²) in [6.45, 7) is 11.1. The van der Waals surface area contributed by atoms with Crippen LogP contribution in [0.15, 0.2) is 54.6 Å². The van der Waals surface area contributed by atoms with E-state index >= 15 is 0 Å². The molecule has 0 bridgehead atoms. The third-order valence-corrected chi connectivity index (χ3v) is 5.32. The Bertz CT molecular complexity index is 638. The summed E-state index contributed by atoms with van der Waals surface area (Å²) < 4.78 is 5.81. The number of benzene rings is 2. The summed E-state index contributed by atoms with van der Waals surface area (Å²) in [4.78, 5) is 10.6. The van der Waals surface area contributed by atoms with E-state index in [1.54, 1.807) is 0 Å². The molecular formula is C24H34O3. The van der Waals surface area contributed by atoms with E-state index in [0.717, 1.165) is 11.7 Å². The smallest absolute Gasteiger partial charge is 0.239 e. The van der Waals surface area contributed by atoms with Crippen LogP contribution in [-0.4, -0.2) is 6.29 Å². The van der Waals surface area contributed by atoms with Gasteiger partial charge in [0, 0.05) is 6.92 Å². The molecule has 3 heteroatoms. The van der Waals surface area contributed by atoms with E-state index in [2.05, 4.69) is 39.8 Å². The van der Waals surface area contributed by atoms with E-state index in [1.807, 2.05) is 49.4 Å². The molecule has 0 radical (unpaired) electrons. The zero-order chi connectivity index (χ0) is 19.6. The number of ether oxygens (including phenoxy) is 1. The Hall–Kier alpha value is -2.00. The second kappa shape index (κ2) is 11.0. The Kier molecular flexibility index (Phi) is 8.66. The van der Waals surface area contributed by atoms with E-state index in [-0.39, 0.29) is 0 Å². The fourth-order valence-corrected chi connectivity index (χ4v) is 3.19. The van der Waals surface area contributed by atoms with Crippen molar-refractivity contribution >= 4 is 0 Å². The van der Waals surface area contributed by atoms with E-state index in [4.69, 9.17) is 14.5 Å². The lowest BCUT2D eigenvalue weighted by Crippen LogP contribution is -2.18. The normalized spacial score (nSPS) is 15.6. The summed E-state index contributed by atoms with van der Waals surface area (Å²) in [5.74, 6) is 3.45. The van der Waals surface area contributed by atoms with Crippen molar-refractivity contribution in [3.63, 3.8) is 0 Å². The van der Waals surface area contributed by atoms with Gasteiger partial charge >= 0.3 is 0 Å². The highest BCUT2D eigenvalue weighted by atomic mass is 17.2. The highest BCUT2D eigenvalue weighted by molar-refractivity contribution is 5.30. The van der Waals surface area contributed by atoms with Crippen LogP contribution in [0.1, 0.15) is 65.4 Å². The molecule has 4 atom stereocenters. The lowest BCUT2D eigenvalue weighted by molar-refractivity contribution is -0.289. The number of para-hydroxylation sites is 1. The number of hydrogen-bond donors (Lipinski definition) is 0.